The predicted molar refractivity (Wildman–Crippen MR) is 76.0 cm³/mol. The molecule has 8 heteroatoms. The second-order valence-electron chi connectivity index (χ2n) is 4.93. The number of hydrogen-bond acceptors (Lipinski definition) is 6. The van der Waals surface area contributed by atoms with Gasteiger partial charge in [0, 0.05) is 18.7 Å². The van der Waals surface area contributed by atoms with Gasteiger partial charge in [-0.25, -0.2) is 4.68 Å². The lowest BCUT2D eigenvalue weighted by Crippen LogP contribution is -2.37. The molecule has 0 saturated heterocycles. The molecule has 0 aliphatic rings. The molecule has 1 amide bonds. The largest absolute Gasteiger partial charge is 0.390 e. The van der Waals surface area contributed by atoms with Gasteiger partial charge >= 0.3 is 0 Å². The third kappa shape index (κ3) is 4.33. The number of hydrogen-bond donors (Lipinski definition) is 2. The minimum atomic E-state index is -0.605. The molecule has 0 saturated carbocycles. The van der Waals surface area contributed by atoms with Crippen molar-refractivity contribution in [3.05, 3.63) is 36.2 Å². The van der Waals surface area contributed by atoms with Crippen molar-refractivity contribution in [3.8, 4) is 5.69 Å². The lowest BCUT2D eigenvalue weighted by atomic mass is 10.2. The maximum absolute atomic E-state index is 12.1. The zero-order chi connectivity index (χ0) is 15.2. The Labute approximate surface area is 122 Å². The van der Waals surface area contributed by atoms with E-state index in [1.54, 1.807) is 24.3 Å². The second kappa shape index (κ2) is 6.91. The van der Waals surface area contributed by atoms with Gasteiger partial charge < -0.3 is 15.3 Å². The molecule has 2 aromatic rings. The summed E-state index contributed by atoms with van der Waals surface area (Å²) in [7, 11) is 3.72. The van der Waals surface area contributed by atoms with Crippen LogP contribution in [0.15, 0.2) is 30.6 Å². The Hall–Kier alpha value is -2.32. The van der Waals surface area contributed by atoms with E-state index >= 15 is 0 Å². The van der Waals surface area contributed by atoms with Crippen molar-refractivity contribution in [2.45, 2.75) is 6.10 Å². The van der Waals surface area contributed by atoms with Gasteiger partial charge in [0.15, 0.2) is 0 Å². The summed E-state index contributed by atoms with van der Waals surface area (Å²) in [5.74, 6) is -0.247. The van der Waals surface area contributed by atoms with Gasteiger partial charge in [0.1, 0.15) is 6.33 Å². The molecule has 8 nitrogen and oxygen atoms in total. The Kier molecular flexibility index (Phi) is 4.96. The van der Waals surface area contributed by atoms with Gasteiger partial charge in [-0.15, -0.1) is 5.10 Å². The Bertz CT molecular complexity index is 584. The number of aliphatic hydroxyl groups excluding tert-OH is 1. The Morgan fingerprint density at radius 2 is 2.29 bits per heavy atom. The van der Waals surface area contributed by atoms with Gasteiger partial charge in [-0.3, -0.25) is 4.79 Å². The molecular weight excluding hydrogens is 272 g/mol. The second-order valence-corrected chi connectivity index (χ2v) is 4.93. The highest BCUT2D eigenvalue weighted by Crippen LogP contribution is 2.08. The molecule has 2 rings (SSSR count). The molecule has 1 unspecified atom stereocenters. The number of amides is 1. The van der Waals surface area contributed by atoms with E-state index in [0.29, 0.717) is 17.8 Å². The van der Waals surface area contributed by atoms with Crippen LogP contribution in [-0.2, 0) is 0 Å². The summed E-state index contributed by atoms with van der Waals surface area (Å²) in [5, 5.41) is 23.3. The van der Waals surface area contributed by atoms with E-state index in [1.165, 1.54) is 11.0 Å². The van der Waals surface area contributed by atoms with Crippen LogP contribution in [0.2, 0.25) is 0 Å². The molecule has 0 fully saturated rings. The molecule has 2 N–H and O–H groups in total. The Morgan fingerprint density at radius 3 is 2.95 bits per heavy atom. The number of carbonyl (C=O) groups excluding carboxylic acids is 1. The van der Waals surface area contributed by atoms with Gasteiger partial charge in [0.05, 0.1) is 11.8 Å². The SMILES string of the molecule is CN(C)CC(O)CNC(=O)c1cccc(-n2cnnn2)c1. The van der Waals surface area contributed by atoms with Crippen molar-refractivity contribution in [3.63, 3.8) is 0 Å². The Morgan fingerprint density at radius 1 is 1.48 bits per heavy atom. The summed E-state index contributed by atoms with van der Waals surface area (Å²) in [5.41, 5.74) is 1.18. The smallest absolute Gasteiger partial charge is 0.251 e. The van der Waals surface area contributed by atoms with E-state index < -0.39 is 6.10 Å². The summed E-state index contributed by atoms with van der Waals surface area (Å²) < 4.78 is 1.47. The average Bonchev–Trinajstić information content (AvgIpc) is 2.98. The minimum absolute atomic E-state index is 0.201. The summed E-state index contributed by atoms with van der Waals surface area (Å²) in [6, 6.07) is 6.93. The number of tetrazole rings is 1. The fraction of sp³-hybridized carbons (Fsp3) is 0.385. The highest BCUT2D eigenvalue weighted by atomic mass is 16.3. The topological polar surface area (TPSA) is 96.2 Å². The normalized spacial score (nSPS) is 12.4. The first-order valence-electron chi connectivity index (χ1n) is 6.50. The fourth-order valence-electron chi connectivity index (χ4n) is 1.87. The van der Waals surface area contributed by atoms with E-state index in [0.717, 1.165) is 0 Å². The molecule has 1 atom stereocenters. The molecule has 1 heterocycles. The maximum atomic E-state index is 12.1. The number of aliphatic hydroxyl groups is 1. The first-order valence-corrected chi connectivity index (χ1v) is 6.50. The van der Waals surface area contributed by atoms with Crippen LogP contribution in [0.4, 0.5) is 0 Å². The van der Waals surface area contributed by atoms with Gasteiger partial charge in [-0.2, -0.15) is 0 Å². The molecule has 0 aliphatic carbocycles. The van der Waals surface area contributed by atoms with Gasteiger partial charge in [0.25, 0.3) is 5.91 Å². The number of carbonyl (C=O) groups is 1. The van der Waals surface area contributed by atoms with Crippen LogP contribution in [0.5, 0.6) is 0 Å². The standard InChI is InChI=1S/C13H18N6O2/c1-18(2)8-12(20)7-14-13(21)10-4-3-5-11(6-10)19-9-15-16-17-19/h3-6,9,12,20H,7-8H2,1-2H3,(H,14,21). The van der Waals surface area contributed by atoms with E-state index in [4.69, 9.17) is 0 Å². The zero-order valence-electron chi connectivity index (χ0n) is 12.0. The Balaban J connectivity index is 1.98. The van der Waals surface area contributed by atoms with E-state index in [-0.39, 0.29) is 12.5 Å². The van der Waals surface area contributed by atoms with Crippen molar-refractivity contribution in [2.75, 3.05) is 27.2 Å². The fourth-order valence-corrected chi connectivity index (χ4v) is 1.87. The van der Waals surface area contributed by atoms with Crippen LogP contribution in [0.1, 0.15) is 10.4 Å². The van der Waals surface area contributed by atoms with Crippen molar-refractivity contribution >= 4 is 5.91 Å². The van der Waals surface area contributed by atoms with Crippen molar-refractivity contribution < 1.29 is 9.90 Å². The number of benzene rings is 1. The van der Waals surface area contributed by atoms with Crippen LogP contribution in [0.25, 0.3) is 5.69 Å². The number of aromatic nitrogens is 4. The van der Waals surface area contributed by atoms with Crippen molar-refractivity contribution in [1.82, 2.24) is 30.4 Å². The highest BCUT2D eigenvalue weighted by Gasteiger charge is 2.10. The van der Waals surface area contributed by atoms with Crippen LogP contribution >= 0.6 is 0 Å². The van der Waals surface area contributed by atoms with Gasteiger partial charge in [0.2, 0.25) is 0 Å². The number of nitrogens with zero attached hydrogens (tertiary/aromatic N) is 5. The molecule has 1 aromatic heterocycles. The first-order chi connectivity index (χ1) is 10.1. The lowest BCUT2D eigenvalue weighted by Gasteiger charge is -2.16. The summed E-state index contributed by atoms with van der Waals surface area (Å²) in [6.07, 6.45) is 0.851. The quantitative estimate of drug-likeness (QED) is 0.731. The highest BCUT2D eigenvalue weighted by molar-refractivity contribution is 5.94. The number of nitrogens with one attached hydrogen (secondary N) is 1. The summed E-state index contributed by atoms with van der Waals surface area (Å²) in [4.78, 5) is 13.9. The third-order valence-electron chi connectivity index (χ3n) is 2.80. The molecule has 21 heavy (non-hydrogen) atoms. The zero-order valence-corrected chi connectivity index (χ0v) is 12.0. The predicted octanol–water partition coefficient (Wildman–Crippen LogP) is -0.685. The number of likely N-dealkylation sites (N-methyl/N-ethyl adjacent to an activating group) is 1. The molecule has 0 spiro atoms. The van der Waals surface area contributed by atoms with Gasteiger partial charge in [-0.1, -0.05) is 6.07 Å². The van der Waals surface area contributed by atoms with Crippen LogP contribution in [0, 0.1) is 0 Å². The first kappa shape index (κ1) is 15.1. The average molecular weight is 290 g/mol. The van der Waals surface area contributed by atoms with Crippen LogP contribution in [0.3, 0.4) is 0 Å². The van der Waals surface area contributed by atoms with Crippen molar-refractivity contribution in [2.24, 2.45) is 0 Å². The number of rotatable bonds is 6. The van der Waals surface area contributed by atoms with E-state index in [2.05, 4.69) is 20.8 Å². The molecule has 112 valence electrons. The van der Waals surface area contributed by atoms with Gasteiger partial charge in [-0.05, 0) is 42.7 Å². The maximum Gasteiger partial charge on any atom is 0.251 e. The molecular formula is C13H18N6O2. The molecule has 1 aromatic carbocycles. The van der Waals surface area contributed by atoms with Crippen LogP contribution in [-0.4, -0.2) is 69.4 Å². The minimum Gasteiger partial charge on any atom is -0.390 e. The molecule has 0 radical (unpaired) electrons. The summed E-state index contributed by atoms with van der Waals surface area (Å²) >= 11 is 0. The van der Waals surface area contributed by atoms with E-state index in [9.17, 15) is 9.90 Å². The molecule has 0 bridgehead atoms. The monoisotopic (exact) mass is 290 g/mol. The third-order valence-corrected chi connectivity index (χ3v) is 2.80. The van der Waals surface area contributed by atoms with Crippen molar-refractivity contribution in [1.29, 1.82) is 0 Å². The summed E-state index contributed by atoms with van der Waals surface area (Å²) in [6.45, 7) is 0.692. The van der Waals surface area contributed by atoms with Crippen LogP contribution < -0.4 is 5.32 Å². The lowest BCUT2D eigenvalue weighted by molar-refractivity contribution is 0.0892. The molecule has 0 aliphatic heterocycles. The van der Waals surface area contributed by atoms with E-state index in [1.807, 2.05) is 19.0 Å².